The number of hydrogen-bond acceptors (Lipinski definition) is 4. The highest BCUT2D eigenvalue weighted by molar-refractivity contribution is 7.87. The topological polar surface area (TPSA) is 71.5 Å². The zero-order chi connectivity index (χ0) is 15.1. The molecule has 1 heterocycles. The summed E-state index contributed by atoms with van der Waals surface area (Å²) < 4.78 is 47.8. The van der Waals surface area contributed by atoms with Crippen LogP contribution in [0.4, 0.5) is 14.0 Å². The first-order valence-electron chi connectivity index (χ1n) is 5.74. The summed E-state index contributed by atoms with van der Waals surface area (Å²) in [7, 11) is -4.84. The molecule has 0 saturated carbocycles. The van der Waals surface area contributed by atoms with Gasteiger partial charge >= 0.3 is 10.2 Å². The van der Waals surface area contributed by atoms with Crippen molar-refractivity contribution < 1.29 is 26.3 Å². The highest BCUT2D eigenvalue weighted by Crippen LogP contribution is 2.29. The monoisotopic (exact) mass is 303 g/mol. The van der Waals surface area contributed by atoms with E-state index in [0.29, 0.717) is 0 Å². The van der Waals surface area contributed by atoms with Crippen molar-refractivity contribution >= 4 is 27.6 Å². The van der Waals surface area contributed by atoms with E-state index in [4.69, 9.17) is 0 Å². The molecule has 108 valence electrons. The summed E-state index contributed by atoms with van der Waals surface area (Å²) in [5.74, 6) is -1.75. The number of nitrogens with zero attached hydrogens (tertiary/aromatic N) is 1. The molecule has 1 unspecified atom stereocenters. The van der Waals surface area contributed by atoms with Crippen LogP contribution >= 0.6 is 0 Å². The van der Waals surface area contributed by atoms with Gasteiger partial charge in [0.25, 0.3) is 0 Å². The van der Waals surface area contributed by atoms with E-state index in [1.54, 1.807) is 0 Å². The Morgan fingerprint density at radius 1 is 1.40 bits per heavy atom. The number of ketones is 1. The molecular weight excluding hydrogens is 292 g/mol. The van der Waals surface area contributed by atoms with Gasteiger partial charge in [-0.15, -0.1) is 3.89 Å². The van der Waals surface area contributed by atoms with Crippen molar-refractivity contribution in [2.45, 2.75) is 18.6 Å². The Hall–Kier alpha value is -1.83. The molecule has 1 aliphatic heterocycles. The SMILES string of the molecule is CC(=O)c1cc(F)ccc1N1CC(S(=O)(=O)F)CC1=O. The van der Waals surface area contributed by atoms with Gasteiger partial charge in [-0.2, -0.15) is 8.42 Å². The number of anilines is 1. The van der Waals surface area contributed by atoms with E-state index < -0.39 is 39.4 Å². The van der Waals surface area contributed by atoms with E-state index in [2.05, 4.69) is 0 Å². The van der Waals surface area contributed by atoms with Crippen molar-refractivity contribution in [3.63, 3.8) is 0 Å². The van der Waals surface area contributed by atoms with Gasteiger partial charge in [-0.25, -0.2) is 4.39 Å². The first-order chi connectivity index (χ1) is 9.20. The first-order valence-corrected chi connectivity index (χ1v) is 7.19. The fourth-order valence-corrected chi connectivity index (χ4v) is 2.79. The van der Waals surface area contributed by atoms with Gasteiger partial charge in [-0.05, 0) is 25.1 Å². The fourth-order valence-electron chi connectivity index (χ4n) is 2.12. The number of carbonyl (C=O) groups excluding carboxylic acids is 2. The molecule has 0 aliphatic carbocycles. The van der Waals surface area contributed by atoms with Crippen molar-refractivity contribution in [3.8, 4) is 0 Å². The Labute approximate surface area is 114 Å². The summed E-state index contributed by atoms with van der Waals surface area (Å²) in [5, 5.41) is -1.46. The zero-order valence-corrected chi connectivity index (χ0v) is 11.3. The van der Waals surface area contributed by atoms with Crippen molar-refractivity contribution in [2.24, 2.45) is 0 Å². The Morgan fingerprint density at radius 3 is 2.55 bits per heavy atom. The number of benzene rings is 1. The maximum atomic E-state index is 13.1. The van der Waals surface area contributed by atoms with Gasteiger partial charge in [0.15, 0.2) is 5.78 Å². The number of amides is 1. The normalized spacial score (nSPS) is 19.4. The molecule has 0 N–H and O–H groups in total. The van der Waals surface area contributed by atoms with Gasteiger partial charge < -0.3 is 4.90 Å². The van der Waals surface area contributed by atoms with Crippen LogP contribution in [0.5, 0.6) is 0 Å². The van der Waals surface area contributed by atoms with Crippen molar-refractivity contribution in [1.29, 1.82) is 0 Å². The average Bonchev–Trinajstić information content (AvgIpc) is 2.71. The van der Waals surface area contributed by atoms with Crippen LogP contribution in [0.2, 0.25) is 0 Å². The van der Waals surface area contributed by atoms with Crippen LogP contribution in [-0.2, 0) is 15.0 Å². The van der Waals surface area contributed by atoms with E-state index in [-0.39, 0.29) is 17.8 Å². The lowest BCUT2D eigenvalue weighted by atomic mass is 10.1. The summed E-state index contributed by atoms with van der Waals surface area (Å²) in [6.07, 6.45) is -0.493. The number of Topliss-reactive ketones (excluding diaryl/α,β-unsaturated/α-hetero) is 1. The lowest BCUT2D eigenvalue weighted by molar-refractivity contribution is -0.117. The molecule has 0 spiro atoms. The minimum Gasteiger partial charge on any atom is -0.310 e. The van der Waals surface area contributed by atoms with E-state index >= 15 is 0 Å². The van der Waals surface area contributed by atoms with Crippen molar-refractivity contribution in [1.82, 2.24) is 0 Å². The Morgan fingerprint density at radius 2 is 2.05 bits per heavy atom. The van der Waals surface area contributed by atoms with Crippen LogP contribution in [0.15, 0.2) is 18.2 Å². The van der Waals surface area contributed by atoms with E-state index in [0.717, 1.165) is 17.0 Å². The van der Waals surface area contributed by atoms with Gasteiger partial charge in [0, 0.05) is 18.5 Å². The maximum Gasteiger partial charge on any atom is 0.307 e. The minimum absolute atomic E-state index is 0.0461. The van der Waals surface area contributed by atoms with E-state index in [1.807, 2.05) is 0 Å². The minimum atomic E-state index is -4.84. The molecule has 1 fully saturated rings. The van der Waals surface area contributed by atoms with Crippen LogP contribution in [0.25, 0.3) is 0 Å². The summed E-state index contributed by atoms with van der Waals surface area (Å²) >= 11 is 0. The van der Waals surface area contributed by atoms with Crippen LogP contribution in [0.3, 0.4) is 0 Å². The first kappa shape index (κ1) is 14.6. The molecule has 5 nitrogen and oxygen atoms in total. The molecule has 8 heteroatoms. The third-order valence-electron chi connectivity index (χ3n) is 3.12. The predicted molar refractivity (Wildman–Crippen MR) is 67.2 cm³/mol. The molecule has 2 rings (SSSR count). The molecule has 20 heavy (non-hydrogen) atoms. The molecule has 1 atom stereocenters. The highest BCUT2D eigenvalue weighted by atomic mass is 32.3. The van der Waals surface area contributed by atoms with Crippen molar-refractivity contribution in [2.75, 3.05) is 11.4 Å². The molecule has 1 aromatic rings. The quantitative estimate of drug-likeness (QED) is 0.625. The van der Waals surface area contributed by atoms with Crippen LogP contribution in [0, 0.1) is 5.82 Å². The largest absolute Gasteiger partial charge is 0.310 e. The molecule has 1 saturated heterocycles. The highest BCUT2D eigenvalue weighted by Gasteiger charge is 2.39. The summed E-state index contributed by atoms with van der Waals surface area (Å²) in [5.41, 5.74) is 0.0466. The molecule has 1 amide bonds. The Kier molecular flexibility index (Phi) is 3.59. The van der Waals surface area contributed by atoms with Crippen LogP contribution < -0.4 is 4.90 Å². The second-order valence-corrected chi connectivity index (χ2v) is 6.14. The third-order valence-corrected chi connectivity index (χ3v) is 4.23. The Balaban J connectivity index is 2.43. The smallest absolute Gasteiger partial charge is 0.307 e. The van der Waals surface area contributed by atoms with Crippen LogP contribution in [0.1, 0.15) is 23.7 Å². The van der Waals surface area contributed by atoms with Gasteiger partial charge in [-0.3, -0.25) is 9.59 Å². The van der Waals surface area contributed by atoms with Crippen LogP contribution in [-0.4, -0.2) is 31.9 Å². The molecule has 1 aliphatic rings. The molecular formula is C12H11F2NO4S. The van der Waals surface area contributed by atoms with Gasteiger partial charge in [0.1, 0.15) is 11.1 Å². The molecule has 0 radical (unpaired) electrons. The molecule has 0 aromatic heterocycles. The summed E-state index contributed by atoms with van der Waals surface area (Å²) in [6, 6.07) is 3.21. The second-order valence-electron chi connectivity index (χ2n) is 4.52. The number of rotatable bonds is 3. The van der Waals surface area contributed by atoms with E-state index in [9.17, 15) is 26.3 Å². The third kappa shape index (κ3) is 2.69. The molecule has 0 bridgehead atoms. The van der Waals surface area contributed by atoms with E-state index in [1.165, 1.54) is 13.0 Å². The Bertz CT molecular complexity index is 687. The zero-order valence-electron chi connectivity index (χ0n) is 10.5. The number of carbonyl (C=O) groups is 2. The second kappa shape index (κ2) is 4.93. The van der Waals surface area contributed by atoms with Gasteiger partial charge in [0.2, 0.25) is 5.91 Å². The summed E-state index contributed by atoms with van der Waals surface area (Å²) in [6.45, 7) is 0.811. The van der Waals surface area contributed by atoms with Crippen molar-refractivity contribution in [3.05, 3.63) is 29.6 Å². The van der Waals surface area contributed by atoms with Gasteiger partial charge in [0.05, 0.1) is 5.69 Å². The number of halogens is 2. The van der Waals surface area contributed by atoms with Gasteiger partial charge in [-0.1, -0.05) is 0 Å². The number of hydrogen-bond donors (Lipinski definition) is 0. The standard InChI is InChI=1S/C12H11F2NO4S/c1-7(16)10-4-8(13)2-3-11(10)15-6-9(5-12(15)17)20(14,18)19/h2-4,9H,5-6H2,1H3. The molecule has 1 aromatic carbocycles. The lowest BCUT2D eigenvalue weighted by Crippen LogP contribution is -2.28. The maximum absolute atomic E-state index is 13.1. The predicted octanol–water partition coefficient (Wildman–Crippen LogP) is 1.43. The fraction of sp³-hybridized carbons (Fsp3) is 0.333. The lowest BCUT2D eigenvalue weighted by Gasteiger charge is -2.19. The average molecular weight is 303 g/mol. The summed E-state index contributed by atoms with van der Waals surface area (Å²) in [4.78, 5) is 24.2.